The van der Waals surface area contributed by atoms with Crippen LogP contribution in [0.15, 0.2) is 30.5 Å². The first-order valence-electron chi connectivity index (χ1n) is 8.44. The summed E-state index contributed by atoms with van der Waals surface area (Å²) in [6.07, 6.45) is 3.71. The predicted molar refractivity (Wildman–Crippen MR) is 91.5 cm³/mol. The van der Waals surface area contributed by atoms with Gasteiger partial charge in [0.2, 0.25) is 5.91 Å². The number of amides is 2. The summed E-state index contributed by atoms with van der Waals surface area (Å²) < 4.78 is 7.50. The summed E-state index contributed by atoms with van der Waals surface area (Å²) in [6, 6.07) is 7.33. The molecule has 1 aromatic heterocycles. The standard InChI is InChI=1S/C18H20N4O3/c1-12-8-21-9-13(6-7-16(21)19-12)20-17(23)10-22-14-4-2-3-5-15(14)25-11-18(22)24/h2-5,8,13H,6-7,9-11H2,1H3,(H,20,23). The van der Waals surface area contributed by atoms with Crippen LogP contribution in [0.2, 0.25) is 0 Å². The van der Waals surface area contributed by atoms with Gasteiger partial charge in [0.1, 0.15) is 18.1 Å². The van der Waals surface area contributed by atoms with E-state index in [2.05, 4.69) is 14.9 Å². The molecule has 4 rings (SSSR count). The Morgan fingerprint density at radius 2 is 2.24 bits per heavy atom. The minimum atomic E-state index is -0.204. The number of rotatable bonds is 3. The van der Waals surface area contributed by atoms with Gasteiger partial charge >= 0.3 is 0 Å². The first-order valence-corrected chi connectivity index (χ1v) is 8.44. The molecule has 0 bridgehead atoms. The van der Waals surface area contributed by atoms with E-state index in [0.717, 1.165) is 30.9 Å². The number of imidazole rings is 1. The van der Waals surface area contributed by atoms with Crippen molar-refractivity contribution in [3.05, 3.63) is 42.0 Å². The molecule has 0 saturated heterocycles. The molecular weight excluding hydrogens is 320 g/mol. The van der Waals surface area contributed by atoms with Crippen LogP contribution < -0.4 is 15.0 Å². The molecule has 2 aliphatic heterocycles. The van der Waals surface area contributed by atoms with E-state index in [0.29, 0.717) is 11.4 Å². The lowest BCUT2D eigenvalue weighted by Crippen LogP contribution is -2.48. The van der Waals surface area contributed by atoms with Gasteiger partial charge in [-0.05, 0) is 25.5 Å². The Balaban J connectivity index is 1.42. The highest BCUT2D eigenvalue weighted by molar-refractivity contribution is 6.02. The summed E-state index contributed by atoms with van der Waals surface area (Å²) in [4.78, 5) is 30.6. The lowest BCUT2D eigenvalue weighted by Gasteiger charge is -2.30. The molecule has 1 unspecified atom stereocenters. The first kappa shape index (κ1) is 15.7. The van der Waals surface area contributed by atoms with E-state index in [-0.39, 0.29) is 31.0 Å². The number of carbonyl (C=O) groups is 2. The first-order chi connectivity index (χ1) is 12.1. The van der Waals surface area contributed by atoms with Gasteiger partial charge < -0.3 is 14.6 Å². The van der Waals surface area contributed by atoms with Crippen molar-refractivity contribution in [2.24, 2.45) is 0 Å². The van der Waals surface area contributed by atoms with Crippen LogP contribution in [0.3, 0.4) is 0 Å². The van der Waals surface area contributed by atoms with Gasteiger partial charge in [0, 0.05) is 25.2 Å². The summed E-state index contributed by atoms with van der Waals surface area (Å²) >= 11 is 0. The van der Waals surface area contributed by atoms with E-state index >= 15 is 0 Å². The second-order valence-corrected chi connectivity index (χ2v) is 6.49. The van der Waals surface area contributed by atoms with E-state index in [1.165, 1.54) is 4.90 Å². The topological polar surface area (TPSA) is 76.5 Å². The molecule has 0 radical (unpaired) electrons. The molecule has 1 aromatic carbocycles. The zero-order chi connectivity index (χ0) is 17.4. The maximum Gasteiger partial charge on any atom is 0.265 e. The molecule has 25 heavy (non-hydrogen) atoms. The van der Waals surface area contributed by atoms with Crippen LogP contribution in [-0.4, -0.2) is 40.6 Å². The molecule has 130 valence electrons. The number of hydrogen-bond acceptors (Lipinski definition) is 4. The number of fused-ring (bicyclic) bond motifs is 2. The van der Waals surface area contributed by atoms with E-state index in [1.807, 2.05) is 25.3 Å². The Bertz CT molecular complexity index is 829. The van der Waals surface area contributed by atoms with Crippen molar-refractivity contribution in [3.8, 4) is 5.75 Å². The van der Waals surface area contributed by atoms with Crippen LogP contribution in [-0.2, 0) is 22.6 Å². The van der Waals surface area contributed by atoms with Crippen molar-refractivity contribution in [3.63, 3.8) is 0 Å². The zero-order valence-electron chi connectivity index (χ0n) is 14.1. The highest BCUT2D eigenvalue weighted by Crippen LogP contribution is 2.31. The number of nitrogens with zero attached hydrogens (tertiary/aromatic N) is 3. The lowest BCUT2D eigenvalue weighted by atomic mass is 10.1. The van der Waals surface area contributed by atoms with Crippen molar-refractivity contribution >= 4 is 17.5 Å². The second kappa shape index (κ2) is 6.23. The maximum atomic E-state index is 12.5. The van der Waals surface area contributed by atoms with Gasteiger partial charge in [-0.2, -0.15) is 0 Å². The summed E-state index contributed by atoms with van der Waals surface area (Å²) in [6.45, 7) is 2.66. The molecular formula is C18H20N4O3. The van der Waals surface area contributed by atoms with Crippen molar-refractivity contribution < 1.29 is 14.3 Å². The fourth-order valence-electron chi connectivity index (χ4n) is 3.45. The molecule has 7 heteroatoms. The Hall–Kier alpha value is -2.83. The van der Waals surface area contributed by atoms with Crippen LogP contribution >= 0.6 is 0 Å². The summed E-state index contributed by atoms with van der Waals surface area (Å²) in [7, 11) is 0. The quantitative estimate of drug-likeness (QED) is 0.906. The molecule has 0 fully saturated rings. The number of aromatic nitrogens is 2. The van der Waals surface area contributed by atoms with Gasteiger partial charge in [-0.25, -0.2) is 4.98 Å². The smallest absolute Gasteiger partial charge is 0.265 e. The maximum absolute atomic E-state index is 12.5. The Kier molecular flexibility index (Phi) is 3.91. The normalized spacial score (nSPS) is 19.0. The van der Waals surface area contributed by atoms with Gasteiger partial charge in [-0.1, -0.05) is 12.1 Å². The van der Waals surface area contributed by atoms with Crippen LogP contribution in [0, 0.1) is 6.92 Å². The van der Waals surface area contributed by atoms with Crippen LogP contribution in [0.4, 0.5) is 5.69 Å². The molecule has 1 atom stereocenters. The molecule has 1 N–H and O–H groups in total. The molecule has 2 amide bonds. The molecule has 0 spiro atoms. The van der Waals surface area contributed by atoms with E-state index in [9.17, 15) is 9.59 Å². The minimum absolute atomic E-state index is 0.00548. The van der Waals surface area contributed by atoms with Crippen molar-refractivity contribution in [2.75, 3.05) is 18.1 Å². The van der Waals surface area contributed by atoms with Crippen molar-refractivity contribution in [1.29, 1.82) is 0 Å². The largest absolute Gasteiger partial charge is 0.482 e. The van der Waals surface area contributed by atoms with Gasteiger partial charge in [0.15, 0.2) is 6.61 Å². The van der Waals surface area contributed by atoms with Gasteiger partial charge in [-0.3, -0.25) is 14.5 Å². The second-order valence-electron chi connectivity index (χ2n) is 6.49. The average Bonchev–Trinajstić information content (AvgIpc) is 2.97. The van der Waals surface area contributed by atoms with Gasteiger partial charge in [0.25, 0.3) is 5.91 Å². The lowest BCUT2D eigenvalue weighted by molar-refractivity contribution is -0.125. The Morgan fingerprint density at radius 3 is 3.12 bits per heavy atom. The van der Waals surface area contributed by atoms with Crippen LogP contribution in [0.1, 0.15) is 17.9 Å². The summed E-state index contributed by atoms with van der Waals surface area (Å²) in [5.74, 6) is 1.34. The number of hydrogen-bond donors (Lipinski definition) is 1. The van der Waals surface area contributed by atoms with E-state index < -0.39 is 0 Å². The van der Waals surface area contributed by atoms with Crippen molar-refractivity contribution in [2.45, 2.75) is 32.4 Å². The number of benzene rings is 1. The molecule has 2 aliphatic rings. The highest BCUT2D eigenvalue weighted by Gasteiger charge is 2.28. The van der Waals surface area contributed by atoms with Crippen LogP contribution in [0.5, 0.6) is 5.75 Å². The van der Waals surface area contributed by atoms with E-state index in [1.54, 1.807) is 12.1 Å². The SMILES string of the molecule is Cc1cn2c(n1)CCC(NC(=O)CN1C(=O)COc3ccccc31)C2. The highest BCUT2D eigenvalue weighted by atomic mass is 16.5. The number of aryl methyl sites for hydroxylation is 2. The third kappa shape index (κ3) is 3.09. The van der Waals surface area contributed by atoms with Crippen molar-refractivity contribution in [1.82, 2.24) is 14.9 Å². The summed E-state index contributed by atoms with van der Waals surface area (Å²) in [5.41, 5.74) is 1.64. The fraction of sp³-hybridized carbons (Fsp3) is 0.389. The number of anilines is 1. The summed E-state index contributed by atoms with van der Waals surface area (Å²) in [5, 5.41) is 3.05. The van der Waals surface area contributed by atoms with Gasteiger partial charge in [0.05, 0.1) is 11.4 Å². The number of para-hydroxylation sites is 2. The molecule has 0 saturated carbocycles. The predicted octanol–water partition coefficient (Wildman–Crippen LogP) is 1.05. The van der Waals surface area contributed by atoms with Crippen LogP contribution in [0.25, 0.3) is 0 Å². The third-order valence-electron chi connectivity index (χ3n) is 4.59. The molecule has 7 nitrogen and oxygen atoms in total. The number of ether oxygens (including phenoxy) is 1. The zero-order valence-corrected chi connectivity index (χ0v) is 14.1. The van der Waals surface area contributed by atoms with Gasteiger partial charge in [-0.15, -0.1) is 0 Å². The number of nitrogens with one attached hydrogen (secondary N) is 1. The van der Waals surface area contributed by atoms with E-state index in [4.69, 9.17) is 4.74 Å². The number of carbonyl (C=O) groups excluding carboxylic acids is 2. The Labute approximate surface area is 145 Å². The molecule has 2 aromatic rings. The fourth-order valence-corrected chi connectivity index (χ4v) is 3.45. The monoisotopic (exact) mass is 340 g/mol. The average molecular weight is 340 g/mol. The third-order valence-corrected chi connectivity index (χ3v) is 4.59. The minimum Gasteiger partial charge on any atom is -0.482 e. The molecule has 3 heterocycles. The Morgan fingerprint density at radius 1 is 1.40 bits per heavy atom. The molecule has 0 aliphatic carbocycles.